The van der Waals surface area contributed by atoms with Gasteiger partial charge in [0.15, 0.2) is 0 Å². The first-order chi connectivity index (χ1) is 8.27. The molecule has 1 rings (SSSR count). The minimum Gasteiger partial charge on any atom is -0.490 e. The molecule has 0 saturated heterocycles. The quantitative estimate of drug-likeness (QED) is 0.697. The molecule has 1 atom stereocenters. The predicted octanol–water partition coefficient (Wildman–Crippen LogP) is 3.41. The van der Waals surface area contributed by atoms with Crippen molar-refractivity contribution < 1.29 is 4.74 Å². The van der Waals surface area contributed by atoms with E-state index in [-0.39, 0.29) is 6.10 Å². The third-order valence-corrected chi connectivity index (χ3v) is 2.84. The van der Waals surface area contributed by atoms with Gasteiger partial charge in [0.25, 0.3) is 0 Å². The van der Waals surface area contributed by atoms with Crippen molar-refractivity contribution in [2.75, 3.05) is 13.1 Å². The summed E-state index contributed by atoms with van der Waals surface area (Å²) in [4.78, 5) is 0. The largest absolute Gasteiger partial charge is 0.490 e. The molecule has 0 amide bonds. The zero-order valence-electron chi connectivity index (χ0n) is 11.3. The molecule has 0 aliphatic carbocycles. The highest BCUT2D eigenvalue weighted by atomic mass is 16.5. The monoisotopic (exact) mass is 235 g/mol. The van der Waals surface area contributed by atoms with Crippen LogP contribution in [0.2, 0.25) is 0 Å². The Balaban J connectivity index is 2.36. The number of hydrogen-bond acceptors (Lipinski definition) is 2. The molecule has 1 unspecified atom stereocenters. The minimum absolute atomic E-state index is 0.270. The number of rotatable bonds is 8. The van der Waals surface area contributed by atoms with Gasteiger partial charge in [-0.1, -0.05) is 32.0 Å². The van der Waals surface area contributed by atoms with Gasteiger partial charge in [0.2, 0.25) is 0 Å². The van der Waals surface area contributed by atoms with Crippen molar-refractivity contribution in [2.24, 2.45) is 0 Å². The molecule has 0 saturated carbocycles. The molecule has 0 spiro atoms. The molecule has 1 aromatic rings. The molecule has 0 aliphatic rings. The van der Waals surface area contributed by atoms with E-state index in [1.807, 2.05) is 6.07 Å². The zero-order valence-corrected chi connectivity index (χ0v) is 11.3. The molecule has 17 heavy (non-hydrogen) atoms. The summed E-state index contributed by atoms with van der Waals surface area (Å²) in [5, 5.41) is 3.40. The predicted molar refractivity (Wildman–Crippen MR) is 73.7 cm³/mol. The smallest absolute Gasteiger partial charge is 0.122 e. The lowest BCUT2D eigenvalue weighted by atomic mass is 10.1. The second-order valence-electron chi connectivity index (χ2n) is 4.43. The van der Waals surface area contributed by atoms with Crippen LogP contribution in [0.5, 0.6) is 5.75 Å². The van der Waals surface area contributed by atoms with Gasteiger partial charge < -0.3 is 10.1 Å². The highest BCUT2D eigenvalue weighted by Crippen LogP contribution is 2.20. The normalized spacial score (nSPS) is 12.4. The van der Waals surface area contributed by atoms with E-state index in [4.69, 9.17) is 4.74 Å². The Bertz CT molecular complexity index is 312. The Morgan fingerprint density at radius 1 is 1.18 bits per heavy atom. The van der Waals surface area contributed by atoms with Gasteiger partial charge >= 0.3 is 0 Å². The van der Waals surface area contributed by atoms with Gasteiger partial charge in [0, 0.05) is 0 Å². The molecule has 0 heterocycles. The van der Waals surface area contributed by atoms with Crippen LogP contribution in [-0.2, 0) is 6.42 Å². The second kappa shape index (κ2) is 8.13. The fourth-order valence-electron chi connectivity index (χ4n) is 1.79. The van der Waals surface area contributed by atoms with E-state index in [1.165, 1.54) is 12.0 Å². The standard InChI is InChI=1S/C15H25NO/c1-4-11-16-12-10-13(3)17-15-9-7-6-8-14(15)5-2/h6-9,13,16H,4-5,10-12H2,1-3H3. The average Bonchev–Trinajstić information content (AvgIpc) is 2.35. The summed E-state index contributed by atoms with van der Waals surface area (Å²) in [7, 11) is 0. The van der Waals surface area contributed by atoms with Crippen molar-refractivity contribution in [3.05, 3.63) is 29.8 Å². The summed E-state index contributed by atoms with van der Waals surface area (Å²) < 4.78 is 5.98. The van der Waals surface area contributed by atoms with Crippen LogP contribution >= 0.6 is 0 Å². The van der Waals surface area contributed by atoms with Crippen LogP contribution in [0, 0.1) is 0 Å². The zero-order chi connectivity index (χ0) is 12.5. The summed E-state index contributed by atoms with van der Waals surface area (Å²) >= 11 is 0. The first kappa shape index (κ1) is 14.0. The lowest BCUT2D eigenvalue weighted by Crippen LogP contribution is -2.23. The van der Waals surface area contributed by atoms with Crippen molar-refractivity contribution >= 4 is 0 Å². The van der Waals surface area contributed by atoms with Gasteiger partial charge in [0.05, 0.1) is 6.10 Å². The second-order valence-corrected chi connectivity index (χ2v) is 4.43. The lowest BCUT2D eigenvalue weighted by molar-refractivity contribution is 0.208. The summed E-state index contributed by atoms with van der Waals surface area (Å²) in [5.74, 6) is 1.04. The van der Waals surface area contributed by atoms with Crippen molar-refractivity contribution in [2.45, 2.75) is 46.1 Å². The molecular weight excluding hydrogens is 210 g/mol. The van der Waals surface area contributed by atoms with Crippen LogP contribution < -0.4 is 10.1 Å². The molecular formula is C15H25NO. The van der Waals surface area contributed by atoms with E-state index >= 15 is 0 Å². The van der Waals surface area contributed by atoms with E-state index in [0.29, 0.717) is 0 Å². The molecule has 0 radical (unpaired) electrons. The van der Waals surface area contributed by atoms with Gasteiger partial charge in [-0.25, -0.2) is 0 Å². The molecule has 1 aromatic carbocycles. The Labute approximate surface area is 105 Å². The number of benzene rings is 1. The summed E-state index contributed by atoms with van der Waals surface area (Å²) in [6.07, 6.45) is 3.54. The van der Waals surface area contributed by atoms with E-state index in [2.05, 4.69) is 44.3 Å². The fourth-order valence-corrected chi connectivity index (χ4v) is 1.79. The number of nitrogens with one attached hydrogen (secondary N) is 1. The molecule has 0 fully saturated rings. The maximum absolute atomic E-state index is 5.98. The molecule has 0 aromatic heterocycles. The van der Waals surface area contributed by atoms with Gasteiger partial charge in [-0.2, -0.15) is 0 Å². The fraction of sp³-hybridized carbons (Fsp3) is 0.600. The van der Waals surface area contributed by atoms with Crippen LogP contribution in [0.1, 0.15) is 39.2 Å². The van der Waals surface area contributed by atoms with E-state index < -0.39 is 0 Å². The number of ether oxygens (including phenoxy) is 1. The van der Waals surface area contributed by atoms with Crippen LogP contribution in [0.15, 0.2) is 24.3 Å². The van der Waals surface area contributed by atoms with Crippen molar-refractivity contribution in [1.29, 1.82) is 0 Å². The Morgan fingerprint density at radius 3 is 2.65 bits per heavy atom. The third-order valence-electron chi connectivity index (χ3n) is 2.84. The van der Waals surface area contributed by atoms with E-state index in [0.717, 1.165) is 31.7 Å². The highest BCUT2D eigenvalue weighted by Gasteiger charge is 2.06. The number of hydrogen-bond donors (Lipinski definition) is 1. The van der Waals surface area contributed by atoms with Crippen molar-refractivity contribution in [3.63, 3.8) is 0 Å². The summed E-state index contributed by atoms with van der Waals surface area (Å²) in [6, 6.07) is 8.31. The first-order valence-electron chi connectivity index (χ1n) is 6.73. The summed E-state index contributed by atoms with van der Waals surface area (Å²) in [6.45, 7) is 8.61. The topological polar surface area (TPSA) is 21.3 Å². The number of para-hydroxylation sites is 1. The Hall–Kier alpha value is -1.02. The SMILES string of the molecule is CCCNCCC(C)Oc1ccccc1CC. The minimum atomic E-state index is 0.270. The van der Waals surface area contributed by atoms with Crippen LogP contribution in [0.4, 0.5) is 0 Å². The molecule has 0 bridgehead atoms. The molecule has 2 nitrogen and oxygen atoms in total. The molecule has 1 N–H and O–H groups in total. The maximum atomic E-state index is 5.98. The maximum Gasteiger partial charge on any atom is 0.122 e. The van der Waals surface area contributed by atoms with Gasteiger partial charge in [0.1, 0.15) is 5.75 Å². The Kier molecular flexibility index (Phi) is 6.71. The molecule has 2 heteroatoms. The lowest BCUT2D eigenvalue weighted by Gasteiger charge is -2.17. The van der Waals surface area contributed by atoms with E-state index in [1.54, 1.807) is 0 Å². The van der Waals surface area contributed by atoms with Gasteiger partial charge in [-0.3, -0.25) is 0 Å². The molecule has 96 valence electrons. The first-order valence-corrected chi connectivity index (χ1v) is 6.73. The van der Waals surface area contributed by atoms with Crippen molar-refractivity contribution in [1.82, 2.24) is 5.32 Å². The van der Waals surface area contributed by atoms with Crippen LogP contribution in [-0.4, -0.2) is 19.2 Å². The third kappa shape index (κ3) is 5.22. The highest BCUT2D eigenvalue weighted by molar-refractivity contribution is 5.33. The molecule has 0 aliphatic heterocycles. The number of aryl methyl sites for hydroxylation is 1. The van der Waals surface area contributed by atoms with Crippen molar-refractivity contribution in [3.8, 4) is 5.75 Å². The van der Waals surface area contributed by atoms with Gasteiger partial charge in [-0.05, 0) is 50.9 Å². The Morgan fingerprint density at radius 2 is 1.94 bits per heavy atom. The average molecular weight is 235 g/mol. The van der Waals surface area contributed by atoms with Crippen LogP contribution in [0.25, 0.3) is 0 Å². The summed E-state index contributed by atoms with van der Waals surface area (Å²) in [5.41, 5.74) is 1.29. The van der Waals surface area contributed by atoms with Gasteiger partial charge in [-0.15, -0.1) is 0 Å². The van der Waals surface area contributed by atoms with E-state index in [9.17, 15) is 0 Å². The van der Waals surface area contributed by atoms with Crippen LogP contribution in [0.3, 0.4) is 0 Å².